The minimum absolute atomic E-state index is 0.127. The molecule has 0 bridgehead atoms. The standard InChI is InChI=1S/C22H28N4O3S.C8H16N2O2/c1-30(27,28)16-6-15-29-20-10-5-9-19-18(20)12-14-26(19)21-11-13-23-22(25-21)24-17-7-3-2-4-8-17;1-2-10-5-3-4-7(10)6-9-8(11)12/h5,9-14,17H,2-4,6-8,15-16H2,1H3,(H,23,24,25);7,9H,2-6H2,1H3,(H,11,12). The highest BCUT2D eigenvalue weighted by atomic mass is 32.2. The highest BCUT2D eigenvalue weighted by Gasteiger charge is 2.22. The van der Waals surface area contributed by atoms with Crippen molar-refractivity contribution in [3.63, 3.8) is 0 Å². The zero-order valence-electron chi connectivity index (χ0n) is 24.7. The Morgan fingerprint density at radius 3 is 2.67 bits per heavy atom. The van der Waals surface area contributed by atoms with Gasteiger partial charge in [-0.05, 0) is 69.5 Å². The molecular formula is C30H44N6O5S. The van der Waals surface area contributed by atoms with Crippen molar-refractivity contribution in [1.29, 1.82) is 0 Å². The van der Waals surface area contributed by atoms with Crippen LogP contribution in [0.25, 0.3) is 16.7 Å². The number of hydrogen-bond donors (Lipinski definition) is 3. The van der Waals surface area contributed by atoms with E-state index in [-0.39, 0.29) is 5.75 Å². The van der Waals surface area contributed by atoms with Crippen LogP contribution >= 0.6 is 0 Å². The van der Waals surface area contributed by atoms with Crippen molar-refractivity contribution >= 4 is 32.8 Å². The first kappa shape index (κ1) is 31.6. The molecular weight excluding hydrogens is 556 g/mol. The fourth-order valence-electron chi connectivity index (χ4n) is 5.70. The Morgan fingerprint density at radius 2 is 1.93 bits per heavy atom. The van der Waals surface area contributed by atoms with Crippen LogP contribution in [0.1, 0.15) is 58.3 Å². The number of carboxylic acid groups (broad SMARTS) is 1. The Morgan fingerprint density at radius 1 is 1.12 bits per heavy atom. The Hall–Kier alpha value is -3.38. The first-order valence-electron chi connectivity index (χ1n) is 14.9. The summed E-state index contributed by atoms with van der Waals surface area (Å²) in [6, 6.07) is 10.6. The van der Waals surface area contributed by atoms with Crippen LogP contribution in [0.2, 0.25) is 0 Å². The van der Waals surface area contributed by atoms with Crippen molar-refractivity contribution < 1.29 is 23.1 Å². The van der Waals surface area contributed by atoms with E-state index in [1.165, 1.54) is 44.8 Å². The molecule has 1 unspecified atom stereocenters. The van der Waals surface area contributed by atoms with E-state index in [1.54, 1.807) is 6.20 Å². The minimum Gasteiger partial charge on any atom is -0.493 e. The molecule has 42 heavy (non-hydrogen) atoms. The molecule has 3 N–H and O–H groups in total. The smallest absolute Gasteiger partial charge is 0.404 e. The van der Waals surface area contributed by atoms with E-state index < -0.39 is 15.9 Å². The fraction of sp³-hybridized carbons (Fsp3) is 0.567. The molecule has 230 valence electrons. The van der Waals surface area contributed by atoms with E-state index in [0.29, 0.717) is 37.6 Å². The molecule has 1 aromatic carbocycles. The molecule has 1 saturated heterocycles. The summed E-state index contributed by atoms with van der Waals surface area (Å²) in [6.45, 7) is 5.18. The summed E-state index contributed by atoms with van der Waals surface area (Å²) in [7, 11) is -2.97. The molecule has 5 rings (SSSR count). The van der Waals surface area contributed by atoms with Crippen LogP contribution in [-0.4, -0.2) is 89.4 Å². The van der Waals surface area contributed by atoms with Gasteiger partial charge in [0.15, 0.2) is 0 Å². The molecule has 0 spiro atoms. The number of rotatable bonds is 11. The van der Waals surface area contributed by atoms with Gasteiger partial charge in [0.25, 0.3) is 0 Å². The van der Waals surface area contributed by atoms with Crippen molar-refractivity contribution in [2.45, 2.75) is 70.4 Å². The number of hydrogen-bond acceptors (Lipinski definition) is 8. The molecule has 3 heterocycles. The average molecular weight is 601 g/mol. The third-order valence-electron chi connectivity index (χ3n) is 7.83. The summed E-state index contributed by atoms with van der Waals surface area (Å²) in [6.07, 6.45) is 13.0. The first-order chi connectivity index (χ1) is 20.2. The number of ether oxygens (including phenoxy) is 1. The highest BCUT2D eigenvalue weighted by molar-refractivity contribution is 7.90. The maximum absolute atomic E-state index is 11.3. The van der Waals surface area contributed by atoms with E-state index in [0.717, 1.165) is 42.0 Å². The predicted octanol–water partition coefficient (Wildman–Crippen LogP) is 4.72. The second kappa shape index (κ2) is 15.2. The first-order valence-corrected chi connectivity index (χ1v) is 17.0. The van der Waals surface area contributed by atoms with E-state index in [4.69, 9.17) is 14.8 Å². The molecule has 12 heteroatoms. The summed E-state index contributed by atoms with van der Waals surface area (Å²) in [5.41, 5.74) is 0.984. The lowest BCUT2D eigenvalue weighted by molar-refractivity contribution is 0.187. The number of aromatic nitrogens is 3. The summed E-state index contributed by atoms with van der Waals surface area (Å²) < 4.78 is 30.5. The van der Waals surface area contributed by atoms with Crippen molar-refractivity contribution in [1.82, 2.24) is 24.8 Å². The van der Waals surface area contributed by atoms with Crippen molar-refractivity contribution in [2.75, 3.05) is 43.6 Å². The largest absolute Gasteiger partial charge is 0.493 e. The Bertz CT molecular complexity index is 1410. The second-order valence-electron chi connectivity index (χ2n) is 11.0. The monoisotopic (exact) mass is 600 g/mol. The summed E-state index contributed by atoms with van der Waals surface area (Å²) in [4.78, 5) is 21.7. The van der Waals surface area contributed by atoms with Crippen LogP contribution in [0.3, 0.4) is 0 Å². The number of amides is 1. The van der Waals surface area contributed by atoms with E-state index in [9.17, 15) is 13.2 Å². The van der Waals surface area contributed by atoms with Gasteiger partial charge in [-0.15, -0.1) is 0 Å². The van der Waals surface area contributed by atoms with Crippen LogP contribution in [0.15, 0.2) is 42.7 Å². The molecule has 1 aliphatic carbocycles. The van der Waals surface area contributed by atoms with Gasteiger partial charge in [0.2, 0.25) is 5.95 Å². The van der Waals surface area contributed by atoms with Crippen molar-refractivity contribution in [3.8, 4) is 11.6 Å². The van der Waals surface area contributed by atoms with Crippen LogP contribution in [-0.2, 0) is 9.84 Å². The van der Waals surface area contributed by atoms with E-state index >= 15 is 0 Å². The summed E-state index contributed by atoms with van der Waals surface area (Å²) in [5.74, 6) is 2.33. The molecule has 3 aromatic rings. The number of likely N-dealkylation sites (tertiary alicyclic amines) is 1. The molecule has 2 aliphatic rings. The van der Waals surface area contributed by atoms with Gasteiger partial charge in [0.05, 0.1) is 17.9 Å². The van der Waals surface area contributed by atoms with Crippen LogP contribution in [0.5, 0.6) is 5.75 Å². The Kier molecular flexibility index (Phi) is 11.4. The third kappa shape index (κ3) is 9.32. The SMILES string of the molecule is CCN1CCCC1CNC(=O)O.CS(=O)(=O)CCCOc1cccc2c1ccn2-c1ccnc(NC2CCCCC2)n1. The van der Waals surface area contributed by atoms with Crippen LogP contribution in [0, 0.1) is 0 Å². The molecule has 1 atom stereocenters. The molecule has 0 radical (unpaired) electrons. The number of likely N-dealkylation sites (N-methyl/N-ethyl adjacent to an activating group) is 1. The molecule has 2 fully saturated rings. The number of fused-ring (bicyclic) bond motifs is 1. The third-order valence-corrected chi connectivity index (χ3v) is 8.86. The van der Waals surface area contributed by atoms with Crippen LogP contribution in [0.4, 0.5) is 10.7 Å². The summed E-state index contributed by atoms with van der Waals surface area (Å²) in [5, 5.41) is 15.3. The topological polar surface area (TPSA) is 139 Å². The van der Waals surface area contributed by atoms with E-state index in [1.807, 2.05) is 41.1 Å². The number of benzene rings is 1. The van der Waals surface area contributed by atoms with Gasteiger partial charge in [0, 0.05) is 42.7 Å². The average Bonchev–Trinajstić information content (AvgIpc) is 3.62. The predicted molar refractivity (Wildman–Crippen MR) is 165 cm³/mol. The normalized spacial score (nSPS) is 17.9. The number of nitrogens with zero attached hydrogens (tertiary/aromatic N) is 4. The van der Waals surface area contributed by atoms with Crippen LogP contribution < -0.4 is 15.4 Å². The lowest BCUT2D eigenvalue weighted by Gasteiger charge is -2.22. The van der Waals surface area contributed by atoms with Crippen molar-refractivity contribution in [2.24, 2.45) is 0 Å². The van der Waals surface area contributed by atoms with Gasteiger partial charge < -0.3 is 25.0 Å². The fourth-order valence-corrected chi connectivity index (χ4v) is 6.34. The Labute approximate surface area is 248 Å². The molecule has 2 aromatic heterocycles. The zero-order chi connectivity index (χ0) is 30.0. The molecule has 1 saturated carbocycles. The number of nitrogens with one attached hydrogen (secondary N) is 2. The Balaban J connectivity index is 0.000000283. The summed E-state index contributed by atoms with van der Waals surface area (Å²) >= 11 is 0. The van der Waals surface area contributed by atoms with Gasteiger partial charge in [-0.2, -0.15) is 4.98 Å². The van der Waals surface area contributed by atoms with Gasteiger partial charge in [0.1, 0.15) is 21.4 Å². The lowest BCUT2D eigenvalue weighted by Crippen LogP contribution is -2.39. The number of anilines is 1. The molecule has 1 aliphatic heterocycles. The van der Waals surface area contributed by atoms with Gasteiger partial charge in [-0.3, -0.25) is 4.90 Å². The minimum atomic E-state index is -2.97. The van der Waals surface area contributed by atoms with Gasteiger partial charge in [-0.25, -0.2) is 18.2 Å². The molecule has 1 amide bonds. The maximum Gasteiger partial charge on any atom is 0.404 e. The highest BCUT2D eigenvalue weighted by Crippen LogP contribution is 2.29. The van der Waals surface area contributed by atoms with Crippen molar-refractivity contribution in [3.05, 3.63) is 42.7 Å². The van der Waals surface area contributed by atoms with Gasteiger partial charge >= 0.3 is 6.09 Å². The maximum atomic E-state index is 11.3. The number of carbonyl (C=O) groups is 1. The zero-order valence-corrected chi connectivity index (χ0v) is 25.5. The van der Waals surface area contributed by atoms with E-state index in [2.05, 4.69) is 27.4 Å². The lowest BCUT2D eigenvalue weighted by atomic mass is 9.96. The number of sulfone groups is 1. The second-order valence-corrected chi connectivity index (χ2v) is 13.3. The van der Waals surface area contributed by atoms with Gasteiger partial charge in [-0.1, -0.05) is 32.3 Å². The quantitative estimate of drug-likeness (QED) is 0.267. The molecule has 11 nitrogen and oxygen atoms in total.